The van der Waals surface area contributed by atoms with Gasteiger partial charge in [0.25, 0.3) is 0 Å². The molecule has 21 heavy (non-hydrogen) atoms. The minimum absolute atomic E-state index is 0.366. The Hall–Kier alpha value is -1.13. The van der Waals surface area contributed by atoms with Crippen molar-refractivity contribution < 1.29 is 0 Å². The third kappa shape index (κ3) is 3.38. The maximum absolute atomic E-state index is 4.66. The lowest BCUT2D eigenvalue weighted by atomic mass is 10.1. The van der Waals surface area contributed by atoms with Crippen molar-refractivity contribution in [1.82, 2.24) is 15.2 Å². The zero-order valence-corrected chi connectivity index (χ0v) is 13.4. The van der Waals surface area contributed by atoms with Gasteiger partial charge in [0.2, 0.25) is 0 Å². The third-order valence-corrected chi connectivity index (χ3v) is 5.18. The number of aromatic nitrogens is 1. The molecule has 3 rings (SSSR count). The Morgan fingerprint density at radius 1 is 1.14 bits per heavy atom. The maximum atomic E-state index is 4.66. The van der Waals surface area contributed by atoms with Crippen LogP contribution in [0.5, 0.6) is 0 Å². The molecule has 1 aromatic rings. The van der Waals surface area contributed by atoms with Crippen molar-refractivity contribution in [2.45, 2.75) is 44.7 Å². The summed E-state index contributed by atoms with van der Waals surface area (Å²) in [6.45, 7) is 6.79. The van der Waals surface area contributed by atoms with Gasteiger partial charge in [0.15, 0.2) is 0 Å². The van der Waals surface area contributed by atoms with Crippen LogP contribution in [0.15, 0.2) is 18.3 Å². The van der Waals surface area contributed by atoms with Crippen LogP contribution in [0, 0.1) is 0 Å². The Morgan fingerprint density at radius 3 is 2.43 bits per heavy atom. The van der Waals surface area contributed by atoms with E-state index in [0.29, 0.717) is 6.04 Å². The van der Waals surface area contributed by atoms with Gasteiger partial charge in [0.05, 0.1) is 0 Å². The highest BCUT2D eigenvalue weighted by Gasteiger charge is 2.26. The van der Waals surface area contributed by atoms with E-state index < -0.39 is 0 Å². The van der Waals surface area contributed by atoms with Gasteiger partial charge in [-0.2, -0.15) is 0 Å². The number of nitrogens with one attached hydrogen (secondary N) is 1. The Balaban J connectivity index is 1.56. The first-order valence-electron chi connectivity index (χ1n) is 8.40. The van der Waals surface area contributed by atoms with Crippen molar-refractivity contribution in [3.63, 3.8) is 0 Å². The summed E-state index contributed by atoms with van der Waals surface area (Å²) in [5.74, 6) is 1.13. The number of pyridine rings is 1. The Labute approximate surface area is 128 Å². The van der Waals surface area contributed by atoms with E-state index in [9.17, 15) is 0 Å². The molecule has 1 atom stereocenters. The average molecular weight is 288 g/mol. The first-order valence-corrected chi connectivity index (χ1v) is 8.40. The van der Waals surface area contributed by atoms with Crippen LogP contribution in [0.4, 0.5) is 5.82 Å². The van der Waals surface area contributed by atoms with Crippen molar-refractivity contribution in [3.8, 4) is 0 Å². The molecule has 2 fully saturated rings. The van der Waals surface area contributed by atoms with Gasteiger partial charge in [0, 0.05) is 44.5 Å². The van der Waals surface area contributed by atoms with Crippen molar-refractivity contribution in [3.05, 3.63) is 23.9 Å². The van der Waals surface area contributed by atoms with Crippen molar-refractivity contribution in [2.75, 3.05) is 38.1 Å². The molecule has 4 nitrogen and oxygen atoms in total. The molecule has 0 radical (unpaired) electrons. The van der Waals surface area contributed by atoms with E-state index in [-0.39, 0.29) is 0 Å². The molecule has 1 aromatic heterocycles. The number of hydrogen-bond acceptors (Lipinski definition) is 4. The molecule has 1 saturated carbocycles. The fourth-order valence-electron chi connectivity index (χ4n) is 3.59. The predicted octanol–water partition coefficient (Wildman–Crippen LogP) is 2.43. The molecule has 116 valence electrons. The summed E-state index contributed by atoms with van der Waals surface area (Å²) >= 11 is 0. The van der Waals surface area contributed by atoms with Crippen LogP contribution in [-0.4, -0.2) is 49.2 Å². The van der Waals surface area contributed by atoms with Crippen molar-refractivity contribution in [2.24, 2.45) is 0 Å². The molecule has 1 aliphatic carbocycles. The largest absolute Gasteiger partial charge is 0.354 e. The lowest BCUT2D eigenvalue weighted by Crippen LogP contribution is -2.50. The molecule has 1 aliphatic heterocycles. The zero-order valence-electron chi connectivity index (χ0n) is 13.4. The number of anilines is 1. The fourth-order valence-corrected chi connectivity index (χ4v) is 3.59. The molecule has 4 heteroatoms. The second kappa shape index (κ2) is 6.75. The van der Waals surface area contributed by atoms with Crippen LogP contribution in [-0.2, 0) is 0 Å². The van der Waals surface area contributed by atoms with E-state index in [1.54, 1.807) is 0 Å². The van der Waals surface area contributed by atoms with Crippen LogP contribution in [0.2, 0.25) is 0 Å². The minimum atomic E-state index is 0.366. The predicted molar refractivity (Wildman–Crippen MR) is 87.8 cm³/mol. The molecule has 0 amide bonds. The van der Waals surface area contributed by atoms with Crippen LogP contribution >= 0.6 is 0 Å². The summed E-state index contributed by atoms with van der Waals surface area (Å²) in [5.41, 5.74) is 1.26. The summed E-state index contributed by atoms with van der Waals surface area (Å²) in [7, 11) is 1.99. The first kappa shape index (κ1) is 14.8. The van der Waals surface area contributed by atoms with E-state index in [1.807, 2.05) is 13.2 Å². The van der Waals surface area contributed by atoms with Crippen molar-refractivity contribution >= 4 is 5.82 Å². The molecule has 0 aromatic carbocycles. The topological polar surface area (TPSA) is 31.4 Å². The summed E-state index contributed by atoms with van der Waals surface area (Å²) in [6.07, 6.45) is 7.69. The Bertz CT molecular complexity index is 431. The molecule has 1 unspecified atom stereocenters. The molecular weight excluding hydrogens is 260 g/mol. The average Bonchev–Trinajstić information content (AvgIpc) is 3.09. The second-order valence-corrected chi connectivity index (χ2v) is 6.42. The van der Waals surface area contributed by atoms with Gasteiger partial charge in [0.1, 0.15) is 5.82 Å². The standard InChI is InChI=1S/C17H28N4/c1-14(18-2)15-7-8-17(19-13-15)21-11-9-20(10-12-21)16-5-3-4-6-16/h7-8,13-14,16,18H,3-6,9-12H2,1-2H3. The van der Waals surface area contributed by atoms with E-state index in [4.69, 9.17) is 0 Å². The van der Waals surface area contributed by atoms with Gasteiger partial charge in [-0.25, -0.2) is 4.98 Å². The molecule has 1 saturated heterocycles. The second-order valence-electron chi connectivity index (χ2n) is 6.42. The lowest BCUT2D eigenvalue weighted by molar-refractivity contribution is 0.187. The van der Waals surface area contributed by atoms with Gasteiger partial charge < -0.3 is 10.2 Å². The smallest absolute Gasteiger partial charge is 0.128 e. The number of nitrogens with zero attached hydrogens (tertiary/aromatic N) is 3. The van der Waals surface area contributed by atoms with Crippen LogP contribution in [0.1, 0.15) is 44.2 Å². The molecule has 0 spiro atoms. The zero-order chi connectivity index (χ0) is 14.7. The van der Waals surface area contributed by atoms with Crippen molar-refractivity contribution in [1.29, 1.82) is 0 Å². The number of piperazine rings is 1. The summed E-state index contributed by atoms with van der Waals surface area (Å²) in [6, 6.07) is 5.60. The van der Waals surface area contributed by atoms with E-state index in [2.05, 4.69) is 39.2 Å². The van der Waals surface area contributed by atoms with Crippen LogP contribution in [0.3, 0.4) is 0 Å². The quantitative estimate of drug-likeness (QED) is 0.922. The maximum Gasteiger partial charge on any atom is 0.128 e. The van der Waals surface area contributed by atoms with E-state index in [1.165, 1.54) is 44.3 Å². The molecule has 1 N–H and O–H groups in total. The highest BCUT2D eigenvalue weighted by atomic mass is 15.3. The lowest BCUT2D eigenvalue weighted by Gasteiger charge is -2.38. The number of hydrogen-bond donors (Lipinski definition) is 1. The van der Waals surface area contributed by atoms with Gasteiger partial charge >= 0.3 is 0 Å². The monoisotopic (exact) mass is 288 g/mol. The highest BCUT2D eigenvalue weighted by molar-refractivity contribution is 5.40. The number of rotatable bonds is 4. The third-order valence-electron chi connectivity index (χ3n) is 5.18. The van der Waals surface area contributed by atoms with Gasteiger partial charge in [-0.05, 0) is 38.4 Å². The SMILES string of the molecule is CNC(C)c1ccc(N2CCN(C3CCCC3)CC2)nc1. The molecule has 2 heterocycles. The van der Waals surface area contributed by atoms with Gasteiger partial charge in [-0.1, -0.05) is 18.9 Å². The molecule has 0 bridgehead atoms. The summed E-state index contributed by atoms with van der Waals surface area (Å²) < 4.78 is 0. The summed E-state index contributed by atoms with van der Waals surface area (Å²) in [4.78, 5) is 9.79. The van der Waals surface area contributed by atoms with Gasteiger partial charge in [-0.15, -0.1) is 0 Å². The Kier molecular flexibility index (Phi) is 4.76. The fraction of sp³-hybridized carbons (Fsp3) is 0.706. The Morgan fingerprint density at radius 2 is 1.86 bits per heavy atom. The minimum Gasteiger partial charge on any atom is -0.354 e. The molecular formula is C17H28N4. The van der Waals surface area contributed by atoms with Crippen LogP contribution in [0.25, 0.3) is 0 Å². The molecule has 2 aliphatic rings. The normalized spacial score (nSPS) is 22.7. The van der Waals surface area contributed by atoms with E-state index >= 15 is 0 Å². The van der Waals surface area contributed by atoms with Crippen LogP contribution < -0.4 is 10.2 Å². The first-order chi connectivity index (χ1) is 10.3. The summed E-state index contributed by atoms with van der Waals surface area (Å²) in [5, 5.41) is 3.26. The van der Waals surface area contributed by atoms with Gasteiger partial charge in [-0.3, -0.25) is 4.90 Å². The highest BCUT2D eigenvalue weighted by Crippen LogP contribution is 2.25. The van der Waals surface area contributed by atoms with E-state index in [0.717, 1.165) is 24.9 Å².